The second-order valence-electron chi connectivity index (χ2n) is 5.35. The van der Waals surface area contributed by atoms with Gasteiger partial charge in [-0.25, -0.2) is 0 Å². The molecule has 1 aromatic carbocycles. The average Bonchev–Trinajstić information content (AvgIpc) is 3.09. The number of aryl methyl sites for hydroxylation is 1. The van der Waals surface area contributed by atoms with Crippen molar-refractivity contribution in [3.63, 3.8) is 0 Å². The van der Waals surface area contributed by atoms with Crippen LogP contribution in [0.15, 0.2) is 34.9 Å². The van der Waals surface area contributed by atoms with Gasteiger partial charge in [0, 0.05) is 11.6 Å². The smallest absolute Gasteiger partial charge is 0.204 e. The number of nitrogens with zero attached hydrogens (tertiary/aromatic N) is 5. The molecule has 0 amide bonds. The van der Waals surface area contributed by atoms with E-state index in [9.17, 15) is 0 Å². The molecule has 0 spiro atoms. The maximum atomic E-state index is 5.15. The fourth-order valence-corrected chi connectivity index (χ4v) is 2.07. The Morgan fingerprint density at radius 1 is 1.19 bits per heavy atom. The third-order valence-corrected chi connectivity index (χ3v) is 3.26. The normalized spacial score (nSPS) is 11.2. The number of aromatic nitrogens is 5. The minimum atomic E-state index is 0.428. The molecule has 6 heteroatoms. The van der Waals surface area contributed by atoms with Crippen molar-refractivity contribution in [3.05, 3.63) is 47.3 Å². The van der Waals surface area contributed by atoms with E-state index in [0.717, 1.165) is 11.3 Å². The van der Waals surface area contributed by atoms with Crippen LogP contribution in [0.2, 0.25) is 0 Å². The van der Waals surface area contributed by atoms with Crippen molar-refractivity contribution in [2.75, 3.05) is 0 Å². The van der Waals surface area contributed by atoms with Gasteiger partial charge in [-0.05, 0) is 23.6 Å². The summed E-state index contributed by atoms with van der Waals surface area (Å²) in [5.41, 5.74) is 3.09. The summed E-state index contributed by atoms with van der Waals surface area (Å²) in [6.07, 6.45) is 0. The molecule has 0 N–H and O–H groups in total. The zero-order chi connectivity index (χ0) is 14.8. The van der Waals surface area contributed by atoms with Crippen LogP contribution >= 0.6 is 0 Å². The predicted molar refractivity (Wildman–Crippen MR) is 77.7 cm³/mol. The fraction of sp³-hybridized carbons (Fsp3) is 0.333. The summed E-state index contributed by atoms with van der Waals surface area (Å²) in [7, 11) is 0. The average molecular weight is 283 g/mol. The highest BCUT2D eigenvalue weighted by Crippen LogP contribution is 2.19. The Kier molecular flexibility index (Phi) is 3.51. The first-order valence-corrected chi connectivity index (χ1v) is 6.92. The van der Waals surface area contributed by atoms with Crippen molar-refractivity contribution >= 4 is 0 Å². The van der Waals surface area contributed by atoms with Gasteiger partial charge in [-0.2, -0.15) is 4.80 Å². The molecule has 0 aliphatic rings. The molecule has 2 heterocycles. The van der Waals surface area contributed by atoms with Gasteiger partial charge in [-0.3, -0.25) is 0 Å². The highest BCUT2D eigenvalue weighted by atomic mass is 16.5. The zero-order valence-corrected chi connectivity index (χ0v) is 12.3. The predicted octanol–water partition coefficient (Wildman–Crippen LogP) is 2.81. The molecule has 0 fully saturated rings. The first kappa shape index (κ1) is 13.5. The van der Waals surface area contributed by atoms with Crippen LogP contribution in [0.5, 0.6) is 0 Å². The van der Waals surface area contributed by atoms with Crippen LogP contribution < -0.4 is 0 Å². The molecule has 0 atom stereocenters. The summed E-state index contributed by atoms with van der Waals surface area (Å²) in [4.78, 5) is 1.51. The van der Waals surface area contributed by atoms with Gasteiger partial charge < -0.3 is 4.52 Å². The van der Waals surface area contributed by atoms with E-state index in [1.165, 1.54) is 10.4 Å². The monoisotopic (exact) mass is 283 g/mol. The van der Waals surface area contributed by atoms with Gasteiger partial charge in [-0.1, -0.05) is 43.3 Å². The van der Waals surface area contributed by atoms with Gasteiger partial charge in [0.2, 0.25) is 5.82 Å². The summed E-state index contributed by atoms with van der Waals surface area (Å²) in [5, 5.41) is 16.3. The minimum absolute atomic E-state index is 0.428. The van der Waals surface area contributed by atoms with Gasteiger partial charge in [0.15, 0.2) is 5.76 Å². The van der Waals surface area contributed by atoms with E-state index in [1.807, 2.05) is 25.1 Å². The van der Waals surface area contributed by atoms with Crippen LogP contribution in [0.1, 0.15) is 36.8 Å². The van der Waals surface area contributed by atoms with Crippen LogP contribution in [0.3, 0.4) is 0 Å². The lowest BCUT2D eigenvalue weighted by Gasteiger charge is -2.04. The number of hydrogen-bond acceptors (Lipinski definition) is 5. The molecule has 0 aliphatic heterocycles. The van der Waals surface area contributed by atoms with Crippen LogP contribution in [0.25, 0.3) is 11.4 Å². The molecule has 0 saturated carbocycles. The minimum Gasteiger partial charge on any atom is -0.359 e. The van der Waals surface area contributed by atoms with Gasteiger partial charge in [0.05, 0.1) is 5.69 Å². The van der Waals surface area contributed by atoms with Crippen molar-refractivity contribution in [1.82, 2.24) is 25.4 Å². The van der Waals surface area contributed by atoms with Crippen molar-refractivity contribution < 1.29 is 4.52 Å². The van der Waals surface area contributed by atoms with Crippen molar-refractivity contribution in [2.24, 2.45) is 0 Å². The lowest BCUT2D eigenvalue weighted by atomic mass is 10.0. The lowest BCUT2D eigenvalue weighted by molar-refractivity contribution is 0.359. The number of rotatable bonds is 4. The van der Waals surface area contributed by atoms with Crippen LogP contribution in [-0.4, -0.2) is 25.4 Å². The van der Waals surface area contributed by atoms with E-state index >= 15 is 0 Å². The molecule has 0 saturated heterocycles. The molecule has 0 radical (unpaired) electrons. The summed E-state index contributed by atoms with van der Waals surface area (Å²) in [6.45, 7) is 6.65. The third kappa shape index (κ3) is 2.99. The summed E-state index contributed by atoms with van der Waals surface area (Å²) >= 11 is 0. The lowest BCUT2D eigenvalue weighted by Crippen LogP contribution is -2.03. The molecule has 3 aromatic rings. The molecule has 2 aromatic heterocycles. The standard InChI is InChI=1S/C15H17N5O/c1-10(2)12-4-6-13(7-5-12)15-16-19-20(17-15)9-14-8-11(3)18-21-14/h4-8,10H,9H2,1-3H3. The first-order chi connectivity index (χ1) is 10.1. The number of benzene rings is 1. The Hall–Kier alpha value is -2.50. The van der Waals surface area contributed by atoms with E-state index in [4.69, 9.17) is 4.52 Å². The zero-order valence-electron chi connectivity index (χ0n) is 12.3. The molecule has 3 rings (SSSR count). The second-order valence-corrected chi connectivity index (χ2v) is 5.35. The Morgan fingerprint density at radius 3 is 2.57 bits per heavy atom. The third-order valence-electron chi connectivity index (χ3n) is 3.26. The maximum absolute atomic E-state index is 5.15. The van der Waals surface area contributed by atoms with E-state index in [-0.39, 0.29) is 0 Å². The van der Waals surface area contributed by atoms with E-state index in [2.05, 4.69) is 46.5 Å². The van der Waals surface area contributed by atoms with E-state index in [0.29, 0.717) is 24.0 Å². The highest BCUT2D eigenvalue weighted by Gasteiger charge is 2.09. The highest BCUT2D eigenvalue weighted by molar-refractivity contribution is 5.54. The fourth-order valence-electron chi connectivity index (χ4n) is 2.07. The first-order valence-electron chi connectivity index (χ1n) is 6.92. The molecule has 0 aliphatic carbocycles. The van der Waals surface area contributed by atoms with Crippen molar-refractivity contribution in [2.45, 2.75) is 33.2 Å². The van der Waals surface area contributed by atoms with E-state index in [1.54, 1.807) is 0 Å². The topological polar surface area (TPSA) is 69.6 Å². The van der Waals surface area contributed by atoms with E-state index < -0.39 is 0 Å². The SMILES string of the molecule is Cc1cc(Cn2nnc(-c3ccc(C(C)C)cc3)n2)on1. The molecular formula is C15H17N5O. The quantitative estimate of drug-likeness (QED) is 0.736. The van der Waals surface area contributed by atoms with Crippen LogP contribution in [-0.2, 0) is 6.54 Å². The summed E-state index contributed by atoms with van der Waals surface area (Å²) in [6, 6.07) is 10.1. The second kappa shape index (κ2) is 5.47. The van der Waals surface area contributed by atoms with Crippen LogP contribution in [0.4, 0.5) is 0 Å². The Balaban J connectivity index is 1.78. The van der Waals surface area contributed by atoms with Gasteiger partial charge >= 0.3 is 0 Å². The molecule has 21 heavy (non-hydrogen) atoms. The molecule has 0 bridgehead atoms. The van der Waals surface area contributed by atoms with Crippen molar-refractivity contribution in [3.8, 4) is 11.4 Å². The summed E-state index contributed by atoms with van der Waals surface area (Å²) < 4.78 is 5.15. The van der Waals surface area contributed by atoms with Crippen LogP contribution in [0, 0.1) is 6.92 Å². The van der Waals surface area contributed by atoms with Crippen molar-refractivity contribution in [1.29, 1.82) is 0 Å². The van der Waals surface area contributed by atoms with Gasteiger partial charge in [-0.15, -0.1) is 10.2 Å². The molecular weight excluding hydrogens is 266 g/mol. The molecule has 108 valence electrons. The Morgan fingerprint density at radius 2 is 1.95 bits per heavy atom. The maximum Gasteiger partial charge on any atom is 0.204 e. The largest absolute Gasteiger partial charge is 0.359 e. The number of hydrogen-bond donors (Lipinski definition) is 0. The summed E-state index contributed by atoms with van der Waals surface area (Å²) in [5.74, 6) is 1.84. The Bertz CT molecular complexity index is 727. The number of tetrazole rings is 1. The Labute approximate surface area is 122 Å². The molecule has 6 nitrogen and oxygen atoms in total. The van der Waals surface area contributed by atoms with Gasteiger partial charge in [0.1, 0.15) is 6.54 Å². The molecule has 0 unspecified atom stereocenters. The van der Waals surface area contributed by atoms with Gasteiger partial charge in [0.25, 0.3) is 0 Å².